The molecule has 58 valence electrons. The van der Waals surface area contributed by atoms with Crippen molar-refractivity contribution in [2.24, 2.45) is 0 Å². The normalized spacial score (nSPS) is 30.0. The van der Waals surface area contributed by atoms with Crippen LogP contribution >= 0.6 is 0 Å². The first-order valence-corrected chi connectivity index (χ1v) is 3.77. The standard InChI is InChI=1S/C6H12N2O2/c1-3-7(9-5-1)8-4-2-6-10-8/h1-6H2. The van der Waals surface area contributed by atoms with E-state index in [1.807, 2.05) is 10.3 Å². The van der Waals surface area contributed by atoms with Gasteiger partial charge in [-0.25, -0.2) is 0 Å². The van der Waals surface area contributed by atoms with E-state index in [1.54, 1.807) is 0 Å². The van der Waals surface area contributed by atoms with Crippen molar-refractivity contribution in [2.75, 3.05) is 26.3 Å². The zero-order chi connectivity index (χ0) is 6.81. The van der Waals surface area contributed by atoms with Gasteiger partial charge in [-0.3, -0.25) is 9.68 Å². The molecule has 0 unspecified atom stereocenters. The number of hydrogen-bond acceptors (Lipinski definition) is 4. The maximum atomic E-state index is 5.27. The first kappa shape index (κ1) is 6.54. The van der Waals surface area contributed by atoms with Crippen LogP contribution in [0, 0.1) is 0 Å². The molecule has 2 aliphatic rings. The van der Waals surface area contributed by atoms with Crippen molar-refractivity contribution in [1.82, 2.24) is 10.3 Å². The highest BCUT2D eigenvalue weighted by Crippen LogP contribution is 2.13. The van der Waals surface area contributed by atoms with Crippen LogP contribution in [-0.2, 0) is 9.68 Å². The van der Waals surface area contributed by atoms with Crippen molar-refractivity contribution in [1.29, 1.82) is 0 Å². The molecule has 0 aliphatic carbocycles. The number of hydrogen-bond donors (Lipinski definition) is 0. The Morgan fingerprint density at radius 3 is 1.60 bits per heavy atom. The number of rotatable bonds is 1. The highest BCUT2D eigenvalue weighted by atomic mass is 16.8. The molecule has 0 aromatic heterocycles. The molecule has 2 aliphatic heterocycles. The average molecular weight is 144 g/mol. The predicted molar refractivity (Wildman–Crippen MR) is 34.5 cm³/mol. The first-order chi connectivity index (χ1) is 4.97. The van der Waals surface area contributed by atoms with Gasteiger partial charge in [0.2, 0.25) is 0 Å². The Balaban J connectivity index is 1.85. The molecule has 4 heteroatoms. The SMILES string of the molecule is C1CON(N2CCCO2)C1. The fraction of sp³-hybridized carbons (Fsp3) is 1.00. The second-order valence-corrected chi connectivity index (χ2v) is 2.53. The van der Waals surface area contributed by atoms with E-state index in [1.165, 1.54) is 0 Å². The number of nitrogens with zero attached hydrogens (tertiary/aromatic N) is 2. The van der Waals surface area contributed by atoms with Gasteiger partial charge in [-0.15, -0.1) is 0 Å². The Morgan fingerprint density at radius 1 is 0.800 bits per heavy atom. The molecule has 10 heavy (non-hydrogen) atoms. The lowest BCUT2D eigenvalue weighted by atomic mass is 10.5. The zero-order valence-electron chi connectivity index (χ0n) is 5.95. The van der Waals surface area contributed by atoms with Crippen LogP contribution in [-0.4, -0.2) is 36.6 Å². The summed E-state index contributed by atoms with van der Waals surface area (Å²) in [7, 11) is 0. The largest absolute Gasteiger partial charge is 0.282 e. The van der Waals surface area contributed by atoms with Crippen LogP contribution in [0.3, 0.4) is 0 Å². The highest BCUT2D eigenvalue weighted by Gasteiger charge is 2.24. The molecule has 0 N–H and O–H groups in total. The molecule has 0 aromatic carbocycles. The summed E-state index contributed by atoms with van der Waals surface area (Å²) in [6, 6.07) is 0. The minimum Gasteiger partial charge on any atom is -0.282 e. The van der Waals surface area contributed by atoms with Gasteiger partial charge in [-0.1, -0.05) is 10.3 Å². The van der Waals surface area contributed by atoms with Gasteiger partial charge in [-0.2, -0.15) is 0 Å². The van der Waals surface area contributed by atoms with Crippen molar-refractivity contribution in [3.05, 3.63) is 0 Å². The smallest absolute Gasteiger partial charge is 0.0716 e. The molecule has 4 nitrogen and oxygen atoms in total. The fourth-order valence-electron chi connectivity index (χ4n) is 1.22. The zero-order valence-corrected chi connectivity index (χ0v) is 5.95. The number of hydroxylamine groups is 2. The first-order valence-electron chi connectivity index (χ1n) is 3.77. The van der Waals surface area contributed by atoms with Crippen LogP contribution in [0.15, 0.2) is 0 Å². The second-order valence-electron chi connectivity index (χ2n) is 2.53. The molecule has 0 atom stereocenters. The van der Waals surface area contributed by atoms with Gasteiger partial charge in [0.1, 0.15) is 0 Å². The molecule has 0 saturated carbocycles. The third-order valence-electron chi connectivity index (χ3n) is 1.72. The number of hydrazine groups is 1. The van der Waals surface area contributed by atoms with Gasteiger partial charge >= 0.3 is 0 Å². The van der Waals surface area contributed by atoms with E-state index in [4.69, 9.17) is 9.68 Å². The van der Waals surface area contributed by atoms with Gasteiger partial charge in [0.15, 0.2) is 0 Å². The predicted octanol–water partition coefficient (Wildman–Crippen LogP) is 0.176. The molecule has 0 aromatic rings. The van der Waals surface area contributed by atoms with E-state index >= 15 is 0 Å². The lowest BCUT2D eigenvalue weighted by Gasteiger charge is -2.22. The summed E-state index contributed by atoms with van der Waals surface area (Å²) in [6.07, 6.45) is 2.22. The molecule has 2 saturated heterocycles. The van der Waals surface area contributed by atoms with E-state index in [0.717, 1.165) is 39.1 Å². The van der Waals surface area contributed by atoms with Gasteiger partial charge in [0.25, 0.3) is 0 Å². The Hall–Kier alpha value is -0.160. The third-order valence-corrected chi connectivity index (χ3v) is 1.72. The fourth-order valence-corrected chi connectivity index (χ4v) is 1.22. The molecule has 0 radical (unpaired) electrons. The van der Waals surface area contributed by atoms with E-state index in [9.17, 15) is 0 Å². The summed E-state index contributed by atoms with van der Waals surface area (Å²) >= 11 is 0. The van der Waals surface area contributed by atoms with Crippen LogP contribution < -0.4 is 0 Å². The van der Waals surface area contributed by atoms with Gasteiger partial charge in [0, 0.05) is 13.1 Å². The van der Waals surface area contributed by atoms with Crippen molar-refractivity contribution >= 4 is 0 Å². The molecular weight excluding hydrogens is 132 g/mol. The van der Waals surface area contributed by atoms with Crippen molar-refractivity contribution in [3.8, 4) is 0 Å². The molecule has 2 rings (SSSR count). The van der Waals surface area contributed by atoms with Crippen LogP contribution in [0.2, 0.25) is 0 Å². The average Bonchev–Trinajstić information content (AvgIpc) is 2.59. The Labute approximate surface area is 60.2 Å². The maximum absolute atomic E-state index is 5.27. The molecule has 2 fully saturated rings. The molecule has 2 heterocycles. The highest BCUT2D eigenvalue weighted by molar-refractivity contribution is 4.52. The summed E-state index contributed by atoms with van der Waals surface area (Å²) in [5, 5.41) is 3.62. The van der Waals surface area contributed by atoms with Gasteiger partial charge < -0.3 is 0 Å². The summed E-state index contributed by atoms with van der Waals surface area (Å²) in [6.45, 7) is 3.61. The van der Waals surface area contributed by atoms with Crippen LogP contribution in [0.4, 0.5) is 0 Å². The molecule has 0 spiro atoms. The van der Waals surface area contributed by atoms with Crippen LogP contribution in [0.1, 0.15) is 12.8 Å². The Kier molecular flexibility index (Phi) is 1.86. The van der Waals surface area contributed by atoms with Crippen LogP contribution in [0.5, 0.6) is 0 Å². The summed E-state index contributed by atoms with van der Waals surface area (Å²) < 4.78 is 0. The van der Waals surface area contributed by atoms with Crippen molar-refractivity contribution in [2.45, 2.75) is 12.8 Å². The molecule has 0 bridgehead atoms. The van der Waals surface area contributed by atoms with E-state index in [-0.39, 0.29) is 0 Å². The third kappa shape index (κ3) is 1.15. The second kappa shape index (κ2) is 2.84. The Morgan fingerprint density at radius 2 is 1.30 bits per heavy atom. The van der Waals surface area contributed by atoms with Gasteiger partial charge in [-0.05, 0) is 12.8 Å². The monoisotopic (exact) mass is 144 g/mol. The van der Waals surface area contributed by atoms with Crippen molar-refractivity contribution < 1.29 is 9.68 Å². The lowest BCUT2D eigenvalue weighted by molar-refractivity contribution is -0.365. The minimum absolute atomic E-state index is 0.833. The summed E-state index contributed by atoms with van der Waals surface area (Å²) in [5.74, 6) is 0. The quantitative estimate of drug-likeness (QED) is 0.524. The minimum atomic E-state index is 0.833. The molecular formula is C6H12N2O2. The van der Waals surface area contributed by atoms with E-state index in [0.29, 0.717) is 0 Å². The van der Waals surface area contributed by atoms with Gasteiger partial charge in [0.05, 0.1) is 13.2 Å². The molecule has 0 amide bonds. The van der Waals surface area contributed by atoms with E-state index in [2.05, 4.69) is 0 Å². The summed E-state index contributed by atoms with van der Waals surface area (Å²) in [5.41, 5.74) is 0. The maximum Gasteiger partial charge on any atom is 0.0716 e. The van der Waals surface area contributed by atoms with Crippen molar-refractivity contribution in [3.63, 3.8) is 0 Å². The summed E-state index contributed by atoms with van der Waals surface area (Å²) in [4.78, 5) is 10.5. The van der Waals surface area contributed by atoms with Crippen LogP contribution in [0.25, 0.3) is 0 Å². The van der Waals surface area contributed by atoms with E-state index < -0.39 is 0 Å². The lowest BCUT2D eigenvalue weighted by Crippen LogP contribution is -2.36. The Bertz CT molecular complexity index is 94.3. The topological polar surface area (TPSA) is 24.9 Å².